The van der Waals surface area contributed by atoms with Crippen LogP contribution in [-0.2, 0) is 15.0 Å². The van der Waals surface area contributed by atoms with Crippen molar-refractivity contribution in [2.24, 2.45) is 0 Å². The van der Waals surface area contributed by atoms with Gasteiger partial charge in [0.1, 0.15) is 11.0 Å². The SMILES string of the molecule is O=C(CSc1nc2ccccc2o1)Nc1ccc(C(c2ccc(NC(=O)CSc3nc4ccccc4o3)cc2)(C(F)(F)F)C(F)(F)F)cc1. The summed E-state index contributed by atoms with van der Waals surface area (Å²) < 4.78 is 98.9. The van der Waals surface area contributed by atoms with Crippen LogP contribution in [0, 0.1) is 0 Å². The number of fused-ring (bicyclic) bond motifs is 2. The van der Waals surface area contributed by atoms with E-state index in [1.54, 1.807) is 48.5 Å². The van der Waals surface area contributed by atoms with E-state index in [1.165, 1.54) is 0 Å². The number of carbonyl (C=O) groups excluding carboxylic acids is 2. The molecular formula is C33H22F6N4O4S2. The van der Waals surface area contributed by atoms with Gasteiger partial charge in [0.25, 0.3) is 10.4 Å². The van der Waals surface area contributed by atoms with Crippen molar-refractivity contribution in [3.05, 3.63) is 108 Å². The highest BCUT2D eigenvalue weighted by Crippen LogP contribution is 2.56. The summed E-state index contributed by atoms with van der Waals surface area (Å²) in [5, 5.41) is 5.34. The van der Waals surface area contributed by atoms with Crippen LogP contribution in [-0.4, -0.2) is 45.6 Å². The molecule has 49 heavy (non-hydrogen) atoms. The quantitative estimate of drug-likeness (QED) is 0.107. The number of thioether (sulfide) groups is 2. The maximum absolute atomic E-state index is 14.6. The van der Waals surface area contributed by atoms with Crippen molar-refractivity contribution in [1.29, 1.82) is 0 Å². The molecule has 0 aliphatic heterocycles. The molecule has 252 valence electrons. The third-order valence-corrected chi connectivity index (χ3v) is 8.91. The Morgan fingerprint density at radius 2 is 0.939 bits per heavy atom. The van der Waals surface area contributed by atoms with Gasteiger partial charge < -0.3 is 19.5 Å². The number of nitrogens with one attached hydrogen (secondary N) is 2. The molecule has 0 unspecified atom stereocenters. The van der Waals surface area contributed by atoms with Crippen LogP contribution < -0.4 is 10.6 Å². The van der Waals surface area contributed by atoms with Crippen molar-refractivity contribution in [1.82, 2.24) is 9.97 Å². The largest absolute Gasteiger partial charge is 0.431 e. The number of benzene rings is 4. The van der Waals surface area contributed by atoms with E-state index < -0.39 is 40.7 Å². The Balaban J connectivity index is 1.15. The van der Waals surface area contributed by atoms with E-state index in [2.05, 4.69) is 20.6 Å². The highest BCUT2D eigenvalue weighted by molar-refractivity contribution is 8.00. The van der Waals surface area contributed by atoms with Crippen molar-refractivity contribution in [3.63, 3.8) is 0 Å². The summed E-state index contributed by atoms with van der Waals surface area (Å²) in [6.45, 7) is 0. The summed E-state index contributed by atoms with van der Waals surface area (Å²) in [5.41, 5.74) is -4.46. The number of anilines is 2. The Bertz CT molecular complexity index is 1900. The molecule has 0 saturated heterocycles. The first-order chi connectivity index (χ1) is 23.3. The van der Waals surface area contributed by atoms with Crippen LogP contribution in [0.1, 0.15) is 11.1 Å². The van der Waals surface area contributed by atoms with E-state index in [0.717, 1.165) is 47.8 Å². The van der Waals surface area contributed by atoms with Crippen LogP contribution in [0.15, 0.2) is 116 Å². The predicted molar refractivity (Wildman–Crippen MR) is 172 cm³/mol. The standard InChI is InChI=1S/C33H22F6N4O4S2/c34-32(35,36)31(33(37,38)39,19-9-13-21(14-10-19)40-27(44)17-48-29-42-23-5-1-3-7-25(23)46-29)20-11-15-22(16-12-20)41-28(45)18-49-30-43-24-6-2-4-8-26(24)47-30/h1-16H,17-18H2,(H,40,44)(H,41,45). The van der Waals surface area contributed by atoms with Crippen molar-refractivity contribution in [2.45, 2.75) is 28.2 Å². The van der Waals surface area contributed by atoms with Gasteiger partial charge >= 0.3 is 12.4 Å². The number of oxazole rings is 2. The highest BCUT2D eigenvalue weighted by Gasteiger charge is 2.72. The number of alkyl halides is 6. The van der Waals surface area contributed by atoms with Gasteiger partial charge in [0.15, 0.2) is 11.2 Å². The molecule has 0 fully saturated rings. The van der Waals surface area contributed by atoms with Crippen LogP contribution in [0.2, 0.25) is 0 Å². The minimum absolute atomic E-state index is 0.0149. The van der Waals surface area contributed by atoms with Gasteiger partial charge in [-0.3, -0.25) is 9.59 Å². The molecule has 2 heterocycles. The van der Waals surface area contributed by atoms with Gasteiger partial charge in [-0.05, 0) is 59.7 Å². The molecule has 0 aliphatic carbocycles. The Hall–Kier alpha value is -4.96. The summed E-state index contributed by atoms with van der Waals surface area (Å²) in [5.74, 6) is -1.52. The molecule has 2 amide bonds. The molecule has 0 radical (unpaired) electrons. The zero-order valence-electron chi connectivity index (χ0n) is 24.8. The van der Waals surface area contributed by atoms with E-state index >= 15 is 0 Å². The summed E-state index contributed by atoms with van der Waals surface area (Å²) >= 11 is 1.94. The second-order valence-corrected chi connectivity index (χ2v) is 12.3. The maximum Gasteiger partial charge on any atom is 0.411 e. The molecular weight excluding hydrogens is 695 g/mol. The van der Waals surface area contributed by atoms with Crippen LogP contribution >= 0.6 is 23.5 Å². The lowest BCUT2D eigenvalue weighted by Gasteiger charge is -2.38. The minimum atomic E-state index is -5.83. The molecule has 0 aliphatic rings. The number of halogens is 6. The van der Waals surface area contributed by atoms with Crippen LogP contribution in [0.4, 0.5) is 37.7 Å². The first-order valence-electron chi connectivity index (χ1n) is 14.2. The molecule has 16 heteroatoms. The fraction of sp³-hybridized carbons (Fsp3) is 0.152. The van der Waals surface area contributed by atoms with Gasteiger partial charge in [0.2, 0.25) is 17.2 Å². The van der Waals surface area contributed by atoms with Crippen LogP contribution in [0.3, 0.4) is 0 Å². The number of rotatable bonds is 10. The van der Waals surface area contributed by atoms with E-state index in [4.69, 9.17) is 8.83 Å². The lowest BCUT2D eigenvalue weighted by Crippen LogP contribution is -2.54. The first-order valence-corrected chi connectivity index (χ1v) is 16.2. The lowest BCUT2D eigenvalue weighted by molar-refractivity contribution is -0.288. The molecule has 0 saturated carbocycles. The van der Waals surface area contributed by atoms with Gasteiger partial charge in [0, 0.05) is 11.4 Å². The fourth-order valence-electron chi connectivity index (χ4n) is 5.06. The molecule has 6 aromatic rings. The summed E-state index contributed by atoms with van der Waals surface area (Å²) in [7, 11) is 0. The monoisotopic (exact) mass is 716 g/mol. The maximum atomic E-state index is 14.6. The zero-order valence-corrected chi connectivity index (χ0v) is 26.4. The van der Waals surface area contributed by atoms with E-state index in [9.17, 15) is 35.9 Å². The number of hydrogen-bond donors (Lipinski definition) is 2. The Morgan fingerprint density at radius 3 is 1.29 bits per heavy atom. The molecule has 8 nitrogen and oxygen atoms in total. The van der Waals surface area contributed by atoms with Gasteiger partial charge in [-0.25, -0.2) is 9.97 Å². The number of nitrogens with zero attached hydrogens (tertiary/aromatic N) is 2. The molecule has 6 rings (SSSR count). The Kier molecular flexibility index (Phi) is 9.35. The van der Waals surface area contributed by atoms with E-state index in [1.807, 2.05) is 0 Å². The third-order valence-electron chi connectivity index (χ3n) is 7.26. The Labute approximate surface area is 281 Å². The number of amides is 2. The normalized spacial score (nSPS) is 12.4. The Morgan fingerprint density at radius 1 is 0.571 bits per heavy atom. The second-order valence-electron chi connectivity index (χ2n) is 10.5. The highest BCUT2D eigenvalue weighted by atomic mass is 32.2. The smallest absolute Gasteiger partial charge is 0.411 e. The predicted octanol–water partition coefficient (Wildman–Crippen LogP) is 8.84. The minimum Gasteiger partial charge on any atom is -0.431 e. The van der Waals surface area contributed by atoms with Gasteiger partial charge in [-0.1, -0.05) is 72.1 Å². The summed E-state index contributed by atoms with van der Waals surface area (Å²) in [6.07, 6.45) is -11.7. The van der Waals surface area contributed by atoms with Crippen molar-refractivity contribution in [2.75, 3.05) is 22.1 Å². The molecule has 2 N–H and O–H groups in total. The van der Waals surface area contributed by atoms with Gasteiger partial charge in [-0.2, -0.15) is 26.3 Å². The topological polar surface area (TPSA) is 110 Å². The number of aromatic nitrogens is 2. The molecule has 0 spiro atoms. The van der Waals surface area contributed by atoms with Gasteiger partial charge in [0.05, 0.1) is 11.5 Å². The first kappa shape index (κ1) is 33.9. The average molecular weight is 717 g/mol. The van der Waals surface area contributed by atoms with Crippen molar-refractivity contribution in [3.8, 4) is 0 Å². The number of carbonyl (C=O) groups is 2. The molecule has 2 aromatic heterocycles. The number of hydrogen-bond acceptors (Lipinski definition) is 8. The van der Waals surface area contributed by atoms with Gasteiger partial charge in [-0.15, -0.1) is 0 Å². The summed E-state index contributed by atoms with van der Waals surface area (Å²) in [6, 6.07) is 20.4. The van der Waals surface area contributed by atoms with E-state index in [-0.39, 0.29) is 33.3 Å². The van der Waals surface area contributed by atoms with Crippen molar-refractivity contribution < 1.29 is 44.8 Å². The zero-order chi connectivity index (χ0) is 34.8. The average Bonchev–Trinajstić information content (AvgIpc) is 3.67. The molecule has 0 atom stereocenters. The third kappa shape index (κ3) is 7.10. The summed E-state index contributed by atoms with van der Waals surface area (Å²) in [4.78, 5) is 33.4. The fourth-order valence-corrected chi connectivity index (χ4v) is 6.34. The van der Waals surface area contributed by atoms with Crippen LogP contribution in [0.25, 0.3) is 22.2 Å². The second kappa shape index (κ2) is 13.5. The lowest BCUT2D eigenvalue weighted by atomic mass is 9.73. The van der Waals surface area contributed by atoms with E-state index in [0.29, 0.717) is 46.5 Å². The molecule has 4 aromatic carbocycles. The van der Waals surface area contributed by atoms with Crippen LogP contribution in [0.5, 0.6) is 0 Å². The molecule has 0 bridgehead atoms. The number of para-hydroxylation sites is 4. The van der Waals surface area contributed by atoms with Crippen molar-refractivity contribution >= 4 is 68.9 Å².